The fourth-order valence-electron chi connectivity index (χ4n) is 5.48. The molecule has 3 amide bonds. The Balaban J connectivity index is 1.29. The molecule has 3 atom stereocenters. The van der Waals surface area contributed by atoms with Gasteiger partial charge in [-0.15, -0.1) is 0 Å². The summed E-state index contributed by atoms with van der Waals surface area (Å²) in [6.45, 7) is 0.457. The number of hydrogen-bond acceptors (Lipinski definition) is 5. The van der Waals surface area contributed by atoms with E-state index in [1.807, 2.05) is 11.0 Å². The van der Waals surface area contributed by atoms with Crippen molar-refractivity contribution in [3.8, 4) is 5.75 Å². The molecule has 9 heteroatoms. The van der Waals surface area contributed by atoms with Crippen molar-refractivity contribution in [2.24, 2.45) is 0 Å². The number of rotatable bonds is 4. The Morgan fingerprint density at radius 1 is 1.09 bits per heavy atom. The molecular formula is C23H27F2N3O4. The molecule has 1 aliphatic carbocycles. The van der Waals surface area contributed by atoms with Crippen LogP contribution in [-0.2, 0) is 16.1 Å². The standard InChI is InChI=1S/C23H27F2N3O4/c24-23(25)9-10-27(13-23)17-3-1-2-4-19(17)32-15-5-6-16-14(11-15)12-28(22(16)31)18-7-8-20(29)26-21(18)30/h5-6,11,17-19H,1-4,7-10,12-13H2,(H,26,29,30)/t17-,18?,19+/m1/s1. The third-order valence-electron chi connectivity index (χ3n) is 7.12. The highest BCUT2D eigenvalue weighted by atomic mass is 19.3. The van der Waals surface area contributed by atoms with Crippen molar-refractivity contribution in [2.75, 3.05) is 13.1 Å². The van der Waals surface area contributed by atoms with Crippen LogP contribution in [0.5, 0.6) is 5.75 Å². The van der Waals surface area contributed by atoms with Crippen molar-refractivity contribution in [3.05, 3.63) is 29.3 Å². The van der Waals surface area contributed by atoms with Gasteiger partial charge in [0.15, 0.2) is 0 Å². The maximum atomic E-state index is 13.8. The number of nitrogens with zero attached hydrogens (tertiary/aromatic N) is 2. The van der Waals surface area contributed by atoms with Crippen LogP contribution in [0.2, 0.25) is 0 Å². The van der Waals surface area contributed by atoms with Crippen LogP contribution >= 0.6 is 0 Å². The fourth-order valence-corrected chi connectivity index (χ4v) is 5.48. The van der Waals surface area contributed by atoms with Gasteiger partial charge in [0, 0.05) is 37.5 Å². The van der Waals surface area contributed by atoms with E-state index in [2.05, 4.69) is 5.32 Å². The number of alkyl halides is 2. The van der Waals surface area contributed by atoms with Gasteiger partial charge in [-0.2, -0.15) is 0 Å². The minimum Gasteiger partial charge on any atom is -0.489 e. The minimum atomic E-state index is -2.63. The van der Waals surface area contributed by atoms with Gasteiger partial charge in [0.25, 0.3) is 11.8 Å². The third-order valence-corrected chi connectivity index (χ3v) is 7.12. The van der Waals surface area contributed by atoms with E-state index in [1.165, 1.54) is 4.90 Å². The Hall–Kier alpha value is -2.55. The Morgan fingerprint density at radius 2 is 1.91 bits per heavy atom. The molecule has 0 aromatic heterocycles. The number of benzene rings is 1. The SMILES string of the molecule is O=C1CCC(N2Cc3cc(O[C@H]4CCCC[C@H]4N4CCC(F)(F)C4)ccc3C2=O)C(=O)N1. The molecule has 2 saturated heterocycles. The molecule has 0 bridgehead atoms. The number of ether oxygens (including phenoxy) is 1. The number of amides is 3. The van der Waals surface area contributed by atoms with Gasteiger partial charge >= 0.3 is 0 Å². The Morgan fingerprint density at radius 3 is 2.66 bits per heavy atom. The van der Waals surface area contributed by atoms with Crippen LogP contribution in [0.15, 0.2) is 18.2 Å². The van der Waals surface area contributed by atoms with E-state index in [0.717, 1.165) is 31.2 Å². The molecule has 1 saturated carbocycles. The van der Waals surface area contributed by atoms with Gasteiger partial charge < -0.3 is 9.64 Å². The van der Waals surface area contributed by atoms with Crippen LogP contribution in [0.3, 0.4) is 0 Å². The van der Waals surface area contributed by atoms with Gasteiger partial charge in [-0.25, -0.2) is 8.78 Å². The zero-order valence-electron chi connectivity index (χ0n) is 17.8. The first-order valence-corrected chi connectivity index (χ1v) is 11.4. The summed E-state index contributed by atoms with van der Waals surface area (Å²) in [4.78, 5) is 39.9. The predicted octanol–water partition coefficient (Wildman–Crippen LogP) is 2.48. The highest BCUT2D eigenvalue weighted by Crippen LogP contribution is 2.36. The van der Waals surface area contributed by atoms with Crippen molar-refractivity contribution in [1.29, 1.82) is 0 Å². The summed E-state index contributed by atoms with van der Waals surface area (Å²) in [6, 6.07) is 4.59. The number of likely N-dealkylation sites (tertiary alicyclic amines) is 1. The smallest absolute Gasteiger partial charge is 0.261 e. The number of imide groups is 1. The molecule has 3 heterocycles. The molecular weight excluding hydrogens is 420 g/mol. The van der Waals surface area contributed by atoms with Crippen molar-refractivity contribution in [3.63, 3.8) is 0 Å². The average molecular weight is 447 g/mol. The first kappa shape index (κ1) is 21.3. The molecule has 0 spiro atoms. The lowest BCUT2D eigenvalue weighted by molar-refractivity contribution is -0.136. The fraction of sp³-hybridized carbons (Fsp3) is 0.609. The van der Waals surface area contributed by atoms with Gasteiger partial charge in [0.2, 0.25) is 11.8 Å². The first-order chi connectivity index (χ1) is 15.3. The summed E-state index contributed by atoms with van der Waals surface area (Å²) >= 11 is 0. The Labute approximate surface area is 185 Å². The maximum absolute atomic E-state index is 13.8. The summed E-state index contributed by atoms with van der Waals surface area (Å²) in [5, 5.41) is 2.30. The summed E-state index contributed by atoms with van der Waals surface area (Å²) in [5.41, 5.74) is 1.30. The Bertz CT molecular complexity index is 953. The van der Waals surface area contributed by atoms with Crippen LogP contribution < -0.4 is 10.1 Å². The molecule has 4 aliphatic rings. The quantitative estimate of drug-likeness (QED) is 0.718. The van der Waals surface area contributed by atoms with E-state index in [4.69, 9.17) is 4.74 Å². The van der Waals surface area contributed by atoms with E-state index in [-0.39, 0.29) is 49.9 Å². The summed E-state index contributed by atoms with van der Waals surface area (Å²) < 4.78 is 33.8. The normalized spacial score (nSPS) is 30.4. The summed E-state index contributed by atoms with van der Waals surface area (Å²) in [6.07, 6.45) is 3.91. The maximum Gasteiger partial charge on any atom is 0.261 e. The lowest BCUT2D eigenvalue weighted by atomic mass is 9.91. The molecule has 172 valence electrons. The van der Waals surface area contributed by atoms with E-state index < -0.39 is 17.9 Å². The molecule has 1 N–H and O–H groups in total. The highest BCUT2D eigenvalue weighted by Gasteiger charge is 2.44. The number of carbonyl (C=O) groups excluding carboxylic acids is 3. The van der Waals surface area contributed by atoms with Gasteiger partial charge in [-0.05, 0) is 49.4 Å². The second kappa shape index (κ2) is 8.10. The monoisotopic (exact) mass is 447 g/mol. The number of hydrogen-bond donors (Lipinski definition) is 1. The van der Waals surface area contributed by atoms with Crippen molar-refractivity contribution < 1.29 is 27.9 Å². The van der Waals surface area contributed by atoms with E-state index >= 15 is 0 Å². The van der Waals surface area contributed by atoms with Gasteiger partial charge in [0.05, 0.1) is 6.54 Å². The molecule has 1 aromatic carbocycles. The van der Waals surface area contributed by atoms with E-state index in [0.29, 0.717) is 24.3 Å². The molecule has 7 nitrogen and oxygen atoms in total. The van der Waals surface area contributed by atoms with Gasteiger partial charge in [-0.3, -0.25) is 24.6 Å². The number of halogens is 2. The van der Waals surface area contributed by atoms with E-state index in [9.17, 15) is 23.2 Å². The van der Waals surface area contributed by atoms with Crippen LogP contribution in [0, 0.1) is 0 Å². The molecule has 3 aliphatic heterocycles. The van der Waals surface area contributed by atoms with Crippen LogP contribution in [0.1, 0.15) is 60.9 Å². The average Bonchev–Trinajstić information content (AvgIpc) is 3.27. The van der Waals surface area contributed by atoms with Gasteiger partial charge in [0.1, 0.15) is 17.9 Å². The lowest BCUT2D eigenvalue weighted by Gasteiger charge is -2.37. The zero-order chi connectivity index (χ0) is 22.5. The van der Waals surface area contributed by atoms with Crippen LogP contribution in [0.4, 0.5) is 8.78 Å². The number of piperidine rings is 1. The summed E-state index contributed by atoms with van der Waals surface area (Å²) in [7, 11) is 0. The molecule has 1 aromatic rings. The third kappa shape index (κ3) is 3.98. The molecule has 0 radical (unpaired) electrons. The molecule has 3 fully saturated rings. The van der Waals surface area contributed by atoms with E-state index in [1.54, 1.807) is 12.1 Å². The first-order valence-electron chi connectivity index (χ1n) is 11.4. The number of carbonyl (C=O) groups is 3. The van der Waals surface area contributed by atoms with Crippen LogP contribution in [0.25, 0.3) is 0 Å². The number of nitrogens with one attached hydrogen (secondary N) is 1. The minimum absolute atomic E-state index is 0.0352. The largest absolute Gasteiger partial charge is 0.489 e. The predicted molar refractivity (Wildman–Crippen MR) is 110 cm³/mol. The number of fused-ring (bicyclic) bond motifs is 1. The second-order valence-electron chi connectivity index (χ2n) is 9.30. The molecule has 32 heavy (non-hydrogen) atoms. The van der Waals surface area contributed by atoms with Gasteiger partial charge in [-0.1, -0.05) is 6.42 Å². The van der Waals surface area contributed by atoms with Crippen molar-refractivity contribution in [2.45, 2.75) is 75.6 Å². The summed E-state index contributed by atoms with van der Waals surface area (Å²) in [5.74, 6) is -2.99. The second-order valence-corrected chi connectivity index (χ2v) is 9.30. The molecule has 1 unspecified atom stereocenters. The zero-order valence-corrected chi connectivity index (χ0v) is 17.8. The van der Waals surface area contributed by atoms with Crippen molar-refractivity contribution in [1.82, 2.24) is 15.1 Å². The van der Waals surface area contributed by atoms with Crippen molar-refractivity contribution >= 4 is 17.7 Å². The molecule has 5 rings (SSSR count). The lowest BCUT2D eigenvalue weighted by Crippen LogP contribution is -2.52. The van der Waals surface area contributed by atoms with Crippen LogP contribution in [-0.4, -0.2) is 64.7 Å². The Kier molecular flexibility index (Phi) is 5.39. The highest BCUT2D eigenvalue weighted by molar-refractivity contribution is 6.05. The topological polar surface area (TPSA) is 79.0 Å².